The van der Waals surface area contributed by atoms with Gasteiger partial charge in [-0.3, -0.25) is 14.1 Å². The number of unbranched alkanes of at least 4 members (excludes halogenated alkanes) is 25. The Hall–Kier alpha value is -2.13. The zero-order valence-corrected chi connectivity index (χ0v) is 39.4. The van der Waals surface area contributed by atoms with Crippen LogP contribution in [0.1, 0.15) is 206 Å². The molecule has 12 nitrogen and oxygen atoms in total. The summed E-state index contributed by atoms with van der Waals surface area (Å²) in [5.74, 6) is -1.99. The Balaban J connectivity index is 2.38. The first-order chi connectivity index (χ1) is 30.0. The Kier molecular flexibility index (Phi) is 36.6. The van der Waals surface area contributed by atoms with Gasteiger partial charge in [-0.1, -0.05) is 166 Å². The zero-order valence-electron chi connectivity index (χ0n) is 38.6. The van der Waals surface area contributed by atoms with E-state index in [-0.39, 0.29) is 19.4 Å². The molecule has 0 aromatic rings. The number of hydrogen-bond acceptors (Lipinski definition) is 11. The number of aliphatic hydroxyl groups excluding tert-OH is 3. The first-order valence-electron chi connectivity index (χ1n) is 24.5. The highest BCUT2D eigenvalue weighted by Gasteiger charge is 2.46. The predicted octanol–water partition coefficient (Wildman–Crippen LogP) is 10.6. The molecule has 0 aromatic carbocycles. The van der Waals surface area contributed by atoms with Crippen LogP contribution in [0.15, 0.2) is 37.0 Å². The van der Waals surface area contributed by atoms with Crippen molar-refractivity contribution in [1.82, 2.24) is 0 Å². The number of carbonyl (C=O) groups is 2. The van der Waals surface area contributed by atoms with E-state index in [0.29, 0.717) is 12.8 Å². The van der Waals surface area contributed by atoms with Crippen LogP contribution >= 0.6 is 0 Å². The molecule has 1 heterocycles. The Morgan fingerprint density at radius 2 is 1.05 bits per heavy atom. The van der Waals surface area contributed by atoms with Crippen molar-refractivity contribution in [2.75, 3.05) is 19.0 Å². The largest absolute Gasteiger partial charge is 0.462 e. The molecule has 13 heteroatoms. The maximum Gasteiger partial charge on any atom is 0.306 e. The molecule has 0 amide bonds. The number of allylic oxidation sites excluding steroid dienone is 5. The van der Waals surface area contributed by atoms with Gasteiger partial charge in [0.05, 0.1) is 6.61 Å². The molecule has 4 N–H and O–H groups in total. The fourth-order valence-electron chi connectivity index (χ4n) is 7.51. The van der Waals surface area contributed by atoms with E-state index in [0.717, 1.165) is 57.8 Å². The Morgan fingerprint density at radius 1 is 0.597 bits per heavy atom. The molecule has 0 radical (unpaired) electrons. The molecule has 0 bridgehead atoms. The summed E-state index contributed by atoms with van der Waals surface area (Å²) in [6.45, 7) is 5.28. The van der Waals surface area contributed by atoms with Gasteiger partial charge in [-0.05, 0) is 57.8 Å². The van der Waals surface area contributed by atoms with Gasteiger partial charge in [-0.25, -0.2) is 0 Å². The van der Waals surface area contributed by atoms with E-state index in [1.54, 1.807) is 0 Å². The second-order valence-electron chi connectivity index (χ2n) is 17.2. The third-order valence-electron chi connectivity index (χ3n) is 11.3. The Bertz CT molecular complexity index is 1270. The molecule has 62 heavy (non-hydrogen) atoms. The summed E-state index contributed by atoms with van der Waals surface area (Å²) < 4.78 is 54.2. The topological polar surface area (TPSA) is 186 Å². The lowest BCUT2D eigenvalue weighted by atomic mass is 10.00. The molecule has 1 rings (SSSR count). The quantitative estimate of drug-likeness (QED) is 0.0197. The van der Waals surface area contributed by atoms with Crippen LogP contribution in [0.3, 0.4) is 0 Å². The van der Waals surface area contributed by atoms with Crippen molar-refractivity contribution in [3.05, 3.63) is 37.0 Å². The minimum atomic E-state index is -4.60. The molecule has 6 atom stereocenters. The van der Waals surface area contributed by atoms with Crippen LogP contribution in [-0.4, -0.2) is 96.0 Å². The average molecular weight is 901 g/mol. The summed E-state index contributed by atoms with van der Waals surface area (Å²) in [5, 5.41) is 30.9. The zero-order chi connectivity index (χ0) is 45.5. The van der Waals surface area contributed by atoms with Crippen molar-refractivity contribution in [2.24, 2.45) is 0 Å². The van der Waals surface area contributed by atoms with Crippen molar-refractivity contribution in [3.8, 4) is 0 Å². The monoisotopic (exact) mass is 901 g/mol. The molecule has 1 saturated heterocycles. The second kappa shape index (κ2) is 39.3. The third-order valence-corrected chi connectivity index (χ3v) is 12.1. The van der Waals surface area contributed by atoms with Crippen LogP contribution in [0.4, 0.5) is 0 Å². The number of aliphatic hydroxyl groups is 3. The first kappa shape index (κ1) is 57.9. The highest BCUT2D eigenvalue weighted by Crippen LogP contribution is 2.24. The van der Waals surface area contributed by atoms with Crippen molar-refractivity contribution in [2.45, 2.75) is 243 Å². The molecule has 2 unspecified atom stereocenters. The molecular weight excluding hydrogens is 813 g/mol. The maximum absolute atomic E-state index is 12.8. The molecule has 0 aliphatic carbocycles. The summed E-state index contributed by atoms with van der Waals surface area (Å²) in [7, 11) is -4.60. The van der Waals surface area contributed by atoms with Crippen molar-refractivity contribution in [1.29, 1.82) is 0 Å². The van der Waals surface area contributed by atoms with Gasteiger partial charge in [0.1, 0.15) is 36.8 Å². The number of esters is 2. The van der Waals surface area contributed by atoms with Crippen LogP contribution in [0.2, 0.25) is 0 Å². The minimum absolute atomic E-state index is 0.163. The van der Waals surface area contributed by atoms with Crippen LogP contribution < -0.4 is 0 Å². The average Bonchev–Trinajstić information content (AvgIpc) is 3.24. The van der Waals surface area contributed by atoms with Gasteiger partial charge in [0.15, 0.2) is 12.4 Å². The second-order valence-corrected chi connectivity index (χ2v) is 18.7. The van der Waals surface area contributed by atoms with Gasteiger partial charge >= 0.3 is 11.9 Å². The number of rotatable bonds is 42. The normalized spacial score (nSPS) is 19.9. The Labute approximate surface area is 376 Å². The summed E-state index contributed by atoms with van der Waals surface area (Å²) in [6.07, 6.45) is 35.0. The summed E-state index contributed by atoms with van der Waals surface area (Å²) in [6, 6.07) is 0. The van der Waals surface area contributed by atoms with E-state index in [1.807, 2.05) is 6.08 Å². The smallest absolute Gasteiger partial charge is 0.306 e. The third kappa shape index (κ3) is 33.4. The summed E-state index contributed by atoms with van der Waals surface area (Å²) in [4.78, 5) is 25.5. The van der Waals surface area contributed by atoms with Gasteiger partial charge < -0.3 is 34.3 Å². The van der Waals surface area contributed by atoms with Gasteiger partial charge in [-0.2, -0.15) is 8.42 Å². The highest BCUT2D eigenvalue weighted by molar-refractivity contribution is 7.85. The molecular formula is C49H88O12S. The van der Waals surface area contributed by atoms with Crippen LogP contribution in [-0.2, 0) is 38.7 Å². The van der Waals surface area contributed by atoms with Crippen molar-refractivity contribution < 1.29 is 56.8 Å². The van der Waals surface area contributed by atoms with E-state index in [4.69, 9.17) is 18.9 Å². The van der Waals surface area contributed by atoms with Crippen molar-refractivity contribution >= 4 is 22.1 Å². The molecule has 0 saturated carbocycles. The van der Waals surface area contributed by atoms with E-state index >= 15 is 0 Å². The molecule has 1 fully saturated rings. The Morgan fingerprint density at radius 3 is 1.53 bits per heavy atom. The molecule has 362 valence electrons. The van der Waals surface area contributed by atoms with Gasteiger partial charge in [0.2, 0.25) is 0 Å². The van der Waals surface area contributed by atoms with E-state index in [2.05, 4.69) is 37.8 Å². The van der Waals surface area contributed by atoms with Gasteiger partial charge in [0.25, 0.3) is 10.1 Å². The predicted molar refractivity (Wildman–Crippen MR) is 247 cm³/mol. The first-order valence-corrected chi connectivity index (χ1v) is 26.1. The van der Waals surface area contributed by atoms with Gasteiger partial charge in [0, 0.05) is 12.8 Å². The molecule has 0 aromatic heterocycles. The van der Waals surface area contributed by atoms with Crippen LogP contribution in [0.25, 0.3) is 0 Å². The fourth-order valence-corrected chi connectivity index (χ4v) is 8.20. The molecule has 1 aliphatic rings. The standard InChI is InChI=1S/C49H88O12S/c1-3-5-7-9-11-13-15-17-19-20-21-22-24-25-27-29-31-33-35-37-44(50)58-39-42(40-59-49-48(54)47(53)46(52)43(61-49)41-62(55,56)57)60-45(51)38-36-34-32-30-28-26-23-18-16-14-12-10-8-6-4-2/h4,11,13,17,19,42-43,46-49,52-54H,2-3,5-10,12,14-16,18,20-41H2,1H3,(H,55,56,57)/b13-11+,19-17+/t42-,43-,46-,47?,48?,49+/m1/s1. The molecule has 1 aliphatic heterocycles. The lowest BCUT2D eigenvalue weighted by Gasteiger charge is -2.40. The maximum atomic E-state index is 12.8. The number of hydrogen-bond donors (Lipinski definition) is 4. The minimum Gasteiger partial charge on any atom is -0.462 e. The van der Waals surface area contributed by atoms with E-state index in [1.165, 1.54) is 116 Å². The van der Waals surface area contributed by atoms with E-state index < -0.39 is 71.2 Å². The lowest BCUT2D eigenvalue weighted by molar-refractivity contribution is -0.297. The van der Waals surface area contributed by atoms with Crippen LogP contribution in [0, 0.1) is 0 Å². The van der Waals surface area contributed by atoms with E-state index in [9.17, 15) is 37.9 Å². The molecule has 0 spiro atoms. The number of ether oxygens (including phenoxy) is 4. The highest BCUT2D eigenvalue weighted by atomic mass is 32.2. The summed E-state index contributed by atoms with van der Waals surface area (Å²) in [5.41, 5.74) is 0. The fraction of sp³-hybridized carbons (Fsp3) is 0.837. The van der Waals surface area contributed by atoms with Crippen molar-refractivity contribution in [3.63, 3.8) is 0 Å². The lowest BCUT2D eigenvalue weighted by Crippen LogP contribution is -2.60. The van der Waals surface area contributed by atoms with Gasteiger partial charge in [-0.15, -0.1) is 6.58 Å². The summed E-state index contributed by atoms with van der Waals surface area (Å²) >= 11 is 0. The SMILES string of the molecule is C=CCCCCCCCCCCCCCCCC(=O)O[C@H](COC(=O)CCCCCCCCCCC/C=C/C/C=C/CCCCC)CO[C@H]1O[C@H](CS(=O)(=O)O)[C@@H](O)C(O)C1O. The number of carbonyl (C=O) groups excluding carboxylic acids is 2. The van der Waals surface area contributed by atoms with Crippen LogP contribution in [0.5, 0.6) is 0 Å².